The van der Waals surface area contributed by atoms with Crippen LogP contribution in [0.2, 0.25) is 0 Å². The van der Waals surface area contributed by atoms with Gasteiger partial charge in [0.25, 0.3) is 0 Å². The second-order valence-corrected chi connectivity index (χ2v) is 6.88. The van der Waals surface area contributed by atoms with Crippen LogP contribution < -0.4 is 14.4 Å². The summed E-state index contributed by atoms with van der Waals surface area (Å²) in [5.74, 6) is 0.857. The van der Waals surface area contributed by atoms with Gasteiger partial charge in [0.2, 0.25) is 0 Å². The van der Waals surface area contributed by atoms with Gasteiger partial charge in [0.05, 0.1) is 23.6 Å². The molecular formula is C25H21NO5. The fourth-order valence-corrected chi connectivity index (χ4v) is 3.11. The van der Waals surface area contributed by atoms with Crippen molar-refractivity contribution in [2.75, 3.05) is 7.11 Å². The number of aromatic nitrogens is 1. The van der Waals surface area contributed by atoms with Gasteiger partial charge >= 0.3 is 5.97 Å². The summed E-state index contributed by atoms with van der Waals surface area (Å²) in [6.07, 6.45) is 0. The monoisotopic (exact) mass is 415 g/mol. The normalized spacial score (nSPS) is 10.5. The molecule has 0 fully saturated rings. The molecular weight excluding hydrogens is 394 g/mol. The van der Waals surface area contributed by atoms with Crippen molar-refractivity contribution >= 4 is 16.9 Å². The standard InChI is InChI=1S/C25H21NO5/c1-17-13-22(30-31-25(27)19-11-7-4-8-12-19)20-14-23(28-2)24(15-21(20)26-17)29-16-18-9-5-3-6-10-18/h3-15H,16H2,1-2H3. The third kappa shape index (κ3) is 4.75. The van der Waals surface area contributed by atoms with Crippen molar-refractivity contribution in [2.45, 2.75) is 13.5 Å². The van der Waals surface area contributed by atoms with Crippen molar-refractivity contribution in [1.29, 1.82) is 0 Å². The van der Waals surface area contributed by atoms with E-state index in [9.17, 15) is 4.79 Å². The van der Waals surface area contributed by atoms with Crippen molar-refractivity contribution in [3.63, 3.8) is 0 Å². The predicted octanol–water partition coefficient (Wildman–Crippen LogP) is 5.28. The molecule has 1 aromatic heterocycles. The van der Waals surface area contributed by atoms with E-state index >= 15 is 0 Å². The summed E-state index contributed by atoms with van der Waals surface area (Å²) in [5, 5.41) is 0.635. The number of pyridine rings is 1. The minimum absolute atomic E-state index is 0.361. The molecule has 0 saturated heterocycles. The lowest BCUT2D eigenvalue weighted by Gasteiger charge is -2.14. The summed E-state index contributed by atoms with van der Waals surface area (Å²) in [6, 6.07) is 23.7. The number of benzene rings is 3. The molecule has 0 N–H and O–H groups in total. The van der Waals surface area contributed by atoms with Gasteiger partial charge in [0.1, 0.15) is 6.61 Å². The van der Waals surface area contributed by atoms with Crippen molar-refractivity contribution in [1.82, 2.24) is 4.98 Å². The highest BCUT2D eigenvalue weighted by Gasteiger charge is 2.15. The van der Waals surface area contributed by atoms with Crippen molar-refractivity contribution in [2.24, 2.45) is 0 Å². The maximum Gasteiger partial charge on any atom is 0.386 e. The first kappa shape index (κ1) is 20.2. The van der Waals surface area contributed by atoms with Crippen molar-refractivity contribution in [3.05, 3.63) is 95.7 Å². The molecule has 3 aromatic carbocycles. The lowest BCUT2D eigenvalue weighted by atomic mass is 10.1. The van der Waals surface area contributed by atoms with E-state index in [1.165, 1.54) is 0 Å². The first-order valence-electron chi connectivity index (χ1n) is 9.74. The molecule has 0 saturated carbocycles. The molecule has 0 amide bonds. The minimum atomic E-state index is -0.585. The molecule has 0 aliphatic rings. The number of ether oxygens (including phenoxy) is 2. The molecule has 1 heterocycles. The number of methoxy groups -OCH3 is 1. The Labute approximate surface area is 179 Å². The number of fused-ring (bicyclic) bond motifs is 1. The lowest BCUT2D eigenvalue weighted by Crippen LogP contribution is -2.09. The molecule has 6 nitrogen and oxygen atoms in total. The maximum absolute atomic E-state index is 12.2. The molecule has 0 aliphatic carbocycles. The van der Waals surface area contributed by atoms with Gasteiger partial charge in [-0.3, -0.25) is 9.87 Å². The van der Waals surface area contributed by atoms with Crippen LogP contribution in [0.4, 0.5) is 0 Å². The number of hydrogen-bond donors (Lipinski definition) is 0. The van der Waals surface area contributed by atoms with Crippen molar-refractivity contribution in [3.8, 4) is 17.2 Å². The highest BCUT2D eigenvalue weighted by atomic mass is 17.2. The van der Waals surface area contributed by atoms with Gasteiger partial charge in [-0.2, -0.15) is 0 Å². The fourth-order valence-electron chi connectivity index (χ4n) is 3.11. The van der Waals surface area contributed by atoms with Gasteiger partial charge in [-0.15, -0.1) is 0 Å². The third-order valence-electron chi connectivity index (χ3n) is 4.64. The quantitative estimate of drug-likeness (QED) is 0.302. The Bertz CT molecular complexity index is 1190. The Morgan fingerprint density at radius 2 is 1.58 bits per heavy atom. The average molecular weight is 415 g/mol. The molecule has 0 spiro atoms. The zero-order valence-corrected chi connectivity index (χ0v) is 17.2. The number of aryl methyl sites for hydroxylation is 1. The Kier molecular flexibility index (Phi) is 5.98. The number of carbonyl (C=O) groups excluding carboxylic acids is 1. The Morgan fingerprint density at radius 3 is 2.29 bits per heavy atom. The van der Waals surface area contributed by atoms with Gasteiger partial charge in [-0.05, 0) is 30.7 Å². The van der Waals surface area contributed by atoms with Crippen LogP contribution in [0.25, 0.3) is 10.9 Å². The van der Waals surface area contributed by atoms with Gasteiger partial charge in [-0.1, -0.05) is 48.5 Å². The van der Waals surface area contributed by atoms with Crippen molar-refractivity contribution < 1.29 is 24.0 Å². The summed E-state index contributed by atoms with van der Waals surface area (Å²) in [7, 11) is 1.56. The van der Waals surface area contributed by atoms with Crippen LogP contribution >= 0.6 is 0 Å². The molecule has 0 atom stereocenters. The predicted molar refractivity (Wildman–Crippen MR) is 116 cm³/mol. The summed E-state index contributed by atoms with van der Waals surface area (Å²) < 4.78 is 11.5. The third-order valence-corrected chi connectivity index (χ3v) is 4.64. The summed E-state index contributed by atoms with van der Waals surface area (Å²) in [6.45, 7) is 2.23. The molecule has 0 bridgehead atoms. The van der Waals surface area contributed by atoms with Gasteiger partial charge in [0, 0.05) is 17.8 Å². The average Bonchev–Trinajstić information content (AvgIpc) is 2.81. The smallest absolute Gasteiger partial charge is 0.386 e. The van der Waals surface area contributed by atoms with Crippen LogP contribution in [-0.2, 0) is 11.5 Å². The Balaban J connectivity index is 1.60. The van der Waals surface area contributed by atoms with Gasteiger partial charge in [-0.25, -0.2) is 9.68 Å². The molecule has 0 radical (unpaired) electrons. The fraction of sp³-hybridized carbons (Fsp3) is 0.120. The van der Waals surface area contributed by atoms with E-state index in [-0.39, 0.29) is 0 Å². The highest BCUT2D eigenvalue weighted by Crippen LogP contribution is 2.36. The summed E-state index contributed by atoms with van der Waals surface area (Å²) in [5.41, 5.74) is 2.78. The highest BCUT2D eigenvalue weighted by molar-refractivity contribution is 5.90. The molecule has 4 aromatic rings. The zero-order valence-electron chi connectivity index (χ0n) is 17.2. The first-order chi connectivity index (χ1) is 15.1. The molecule has 4 rings (SSSR count). The molecule has 156 valence electrons. The second kappa shape index (κ2) is 9.17. The van der Waals surface area contributed by atoms with E-state index < -0.39 is 5.97 Å². The molecule has 0 aliphatic heterocycles. The van der Waals surface area contributed by atoms with Crippen LogP contribution in [0, 0.1) is 6.92 Å². The Morgan fingerprint density at radius 1 is 0.871 bits per heavy atom. The first-order valence-corrected chi connectivity index (χ1v) is 9.74. The number of carbonyl (C=O) groups is 1. The maximum atomic E-state index is 12.2. The van der Waals surface area contributed by atoms with E-state index in [2.05, 4.69) is 4.98 Å². The largest absolute Gasteiger partial charge is 0.493 e. The van der Waals surface area contributed by atoms with Crippen LogP contribution in [0.15, 0.2) is 78.9 Å². The second-order valence-electron chi connectivity index (χ2n) is 6.88. The SMILES string of the molecule is COc1cc2c(OOC(=O)c3ccccc3)cc(C)nc2cc1OCc1ccccc1. The van der Waals surface area contributed by atoms with E-state index in [1.54, 1.807) is 49.6 Å². The molecule has 31 heavy (non-hydrogen) atoms. The zero-order chi connectivity index (χ0) is 21.6. The van der Waals surface area contributed by atoms with E-state index in [0.717, 1.165) is 5.56 Å². The van der Waals surface area contributed by atoms with E-state index in [4.69, 9.17) is 19.2 Å². The summed E-state index contributed by atoms with van der Waals surface area (Å²) in [4.78, 5) is 27.2. The van der Waals surface area contributed by atoms with Gasteiger partial charge < -0.3 is 9.47 Å². The Hall–Kier alpha value is -4.06. The topological polar surface area (TPSA) is 66.9 Å². The summed E-state index contributed by atoms with van der Waals surface area (Å²) >= 11 is 0. The van der Waals surface area contributed by atoms with Crippen LogP contribution in [0.3, 0.4) is 0 Å². The molecule has 0 unspecified atom stereocenters. The minimum Gasteiger partial charge on any atom is -0.493 e. The van der Waals surface area contributed by atoms with E-state index in [0.29, 0.717) is 46.0 Å². The number of rotatable bonds is 7. The van der Waals surface area contributed by atoms with Gasteiger partial charge in [0.15, 0.2) is 17.2 Å². The van der Waals surface area contributed by atoms with Crippen LogP contribution in [0.5, 0.6) is 17.2 Å². The van der Waals surface area contributed by atoms with Crippen LogP contribution in [-0.4, -0.2) is 18.1 Å². The van der Waals surface area contributed by atoms with Crippen LogP contribution in [0.1, 0.15) is 21.6 Å². The number of hydrogen-bond acceptors (Lipinski definition) is 6. The number of nitrogens with zero attached hydrogens (tertiary/aromatic N) is 1. The lowest BCUT2D eigenvalue weighted by molar-refractivity contribution is -0.148. The van der Waals surface area contributed by atoms with E-state index in [1.807, 2.05) is 43.3 Å². The molecule has 6 heteroatoms.